The summed E-state index contributed by atoms with van der Waals surface area (Å²) in [6, 6.07) is 5.92. The first-order valence-corrected chi connectivity index (χ1v) is 4.94. The third kappa shape index (κ3) is 1.76. The maximum atomic E-state index is 5.37. The molecular weight excluding hydrogens is 188 g/mol. The van der Waals surface area contributed by atoms with Gasteiger partial charge in [0.15, 0.2) is 5.65 Å². The molecule has 0 amide bonds. The zero-order valence-corrected chi connectivity index (χ0v) is 8.86. The quantitative estimate of drug-likeness (QED) is 0.577. The monoisotopic (exact) mass is 202 g/mol. The lowest BCUT2D eigenvalue weighted by atomic mass is 10.0. The van der Waals surface area contributed by atoms with Crippen LogP contribution in [0.3, 0.4) is 0 Å². The predicted octanol–water partition coefficient (Wildman–Crippen LogP) is 2.04. The normalized spacial score (nSPS) is 10.9. The van der Waals surface area contributed by atoms with Crippen LogP contribution in [0, 0.1) is 0 Å². The number of aromatic nitrogens is 2. The molecule has 15 heavy (non-hydrogen) atoms. The van der Waals surface area contributed by atoms with Crippen LogP contribution in [0.25, 0.3) is 11.0 Å². The minimum Gasteiger partial charge on any atom is -0.308 e. The number of fused-ring (bicyclic) bond motifs is 1. The van der Waals surface area contributed by atoms with E-state index in [1.54, 1.807) is 6.20 Å². The van der Waals surface area contributed by atoms with Crippen molar-refractivity contribution >= 4 is 16.9 Å². The topological polar surface area (TPSA) is 63.8 Å². The van der Waals surface area contributed by atoms with Crippen molar-refractivity contribution in [3.05, 3.63) is 30.0 Å². The highest BCUT2D eigenvalue weighted by molar-refractivity contribution is 5.81. The second-order valence-electron chi connectivity index (χ2n) is 3.77. The van der Waals surface area contributed by atoms with Gasteiger partial charge < -0.3 is 5.43 Å². The lowest BCUT2D eigenvalue weighted by Gasteiger charge is -2.10. The molecule has 0 aliphatic heterocycles. The van der Waals surface area contributed by atoms with Crippen LogP contribution in [0.4, 0.5) is 5.82 Å². The van der Waals surface area contributed by atoms with Gasteiger partial charge in [-0.25, -0.2) is 15.8 Å². The van der Waals surface area contributed by atoms with Crippen LogP contribution >= 0.6 is 0 Å². The molecule has 0 spiro atoms. The van der Waals surface area contributed by atoms with Crippen LogP contribution < -0.4 is 11.3 Å². The number of hydrogen-bond donors (Lipinski definition) is 2. The Morgan fingerprint density at radius 1 is 1.40 bits per heavy atom. The highest BCUT2D eigenvalue weighted by Gasteiger charge is 2.08. The second kappa shape index (κ2) is 3.82. The van der Waals surface area contributed by atoms with Crippen molar-refractivity contribution in [2.75, 3.05) is 5.43 Å². The molecular formula is C11H14N4. The highest BCUT2D eigenvalue weighted by atomic mass is 15.2. The van der Waals surface area contributed by atoms with Crippen LogP contribution in [0.1, 0.15) is 25.3 Å². The van der Waals surface area contributed by atoms with Gasteiger partial charge in [0.2, 0.25) is 0 Å². The lowest BCUT2D eigenvalue weighted by molar-refractivity contribution is 0.873. The summed E-state index contributed by atoms with van der Waals surface area (Å²) in [5.74, 6) is 6.45. The third-order valence-corrected chi connectivity index (χ3v) is 2.39. The van der Waals surface area contributed by atoms with Gasteiger partial charge in [0.05, 0.1) is 0 Å². The maximum absolute atomic E-state index is 5.37. The van der Waals surface area contributed by atoms with E-state index < -0.39 is 0 Å². The fourth-order valence-electron chi connectivity index (χ4n) is 1.63. The molecule has 4 nitrogen and oxygen atoms in total. The van der Waals surface area contributed by atoms with Crippen molar-refractivity contribution in [3.63, 3.8) is 0 Å². The summed E-state index contributed by atoms with van der Waals surface area (Å²) in [6.45, 7) is 4.28. The maximum Gasteiger partial charge on any atom is 0.161 e. The smallest absolute Gasteiger partial charge is 0.161 e. The summed E-state index contributed by atoms with van der Waals surface area (Å²) in [5, 5.41) is 1.09. The van der Waals surface area contributed by atoms with E-state index in [4.69, 9.17) is 5.84 Å². The highest BCUT2D eigenvalue weighted by Crippen LogP contribution is 2.25. The molecule has 0 aromatic carbocycles. The average Bonchev–Trinajstić information content (AvgIpc) is 2.27. The van der Waals surface area contributed by atoms with Crippen LogP contribution in [-0.2, 0) is 0 Å². The van der Waals surface area contributed by atoms with Crippen LogP contribution in [0.2, 0.25) is 0 Å². The lowest BCUT2D eigenvalue weighted by Crippen LogP contribution is -2.09. The summed E-state index contributed by atoms with van der Waals surface area (Å²) < 4.78 is 0. The molecule has 0 saturated heterocycles. The first-order valence-electron chi connectivity index (χ1n) is 4.94. The van der Waals surface area contributed by atoms with Gasteiger partial charge in [0.1, 0.15) is 5.82 Å². The van der Waals surface area contributed by atoms with E-state index in [1.807, 2.05) is 18.2 Å². The van der Waals surface area contributed by atoms with E-state index in [0.717, 1.165) is 11.0 Å². The van der Waals surface area contributed by atoms with Gasteiger partial charge in [-0.2, -0.15) is 0 Å². The first kappa shape index (κ1) is 9.86. The van der Waals surface area contributed by atoms with Gasteiger partial charge in [-0.1, -0.05) is 13.8 Å². The molecule has 4 heteroatoms. The van der Waals surface area contributed by atoms with Crippen molar-refractivity contribution in [1.82, 2.24) is 9.97 Å². The molecule has 2 aromatic rings. The van der Waals surface area contributed by atoms with Crippen molar-refractivity contribution in [2.45, 2.75) is 19.8 Å². The molecule has 0 aliphatic rings. The van der Waals surface area contributed by atoms with E-state index in [2.05, 4.69) is 29.2 Å². The minimum atomic E-state index is 0.423. The van der Waals surface area contributed by atoms with E-state index in [9.17, 15) is 0 Å². The Bertz CT molecular complexity index is 479. The Morgan fingerprint density at radius 2 is 2.20 bits per heavy atom. The minimum absolute atomic E-state index is 0.423. The first-order chi connectivity index (χ1) is 7.22. The molecule has 0 unspecified atom stereocenters. The summed E-state index contributed by atoms with van der Waals surface area (Å²) in [5.41, 5.74) is 4.51. The van der Waals surface area contributed by atoms with E-state index in [0.29, 0.717) is 11.7 Å². The molecule has 0 bridgehead atoms. The number of anilines is 1. The molecule has 78 valence electrons. The number of hydrazine groups is 1. The van der Waals surface area contributed by atoms with Gasteiger partial charge >= 0.3 is 0 Å². The molecule has 3 N–H and O–H groups in total. The fourth-order valence-corrected chi connectivity index (χ4v) is 1.63. The molecule has 2 aromatic heterocycles. The van der Waals surface area contributed by atoms with Gasteiger partial charge in [-0.05, 0) is 29.7 Å². The van der Waals surface area contributed by atoms with Gasteiger partial charge in [0, 0.05) is 11.6 Å². The predicted molar refractivity (Wildman–Crippen MR) is 61.4 cm³/mol. The molecule has 0 radical (unpaired) electrons. The number of nitrogens with zero attached hydrogens (tertiary/aromatic N) is 2. The Hall–Kier alpha value is -1.68. The Labute approximate surface area is 88.5 Å². The van der Waals surface area contributed by atoms with Crippen molar-refractivity contribution in [1.29, 1.82) is 0 Å². The summed E-state index contributed by atoms with van der Waals surface area (Å²) in [7, 11) is 0. The van der Waals surface area contributed by atoms with Crippen molar-refractivity contribution in [3.8, 4) is 0 Å². The molecule has 2 heterocycles. The second-order valence-corrected chi connectivity index (χ2v) is 3.77. The van der Waals surface area contributed by atoms with Gasteiger partial charge in [-0.3, -0.25) is 0 Å². The zero-order valence-electron chi connectivity index (χ0n) is 8.86. The number of nitrogens with two attached hydrogens (primary N) is 1. The number of nitrogens with one attached hydrogen (secondary N) is 1. The van der Waals surface area contributed by atoms with Crippen molar-refractivity contribution in [2.24, 2.45) is 5.84 Å². The fraction of sp³-hybridized carbons (Fsp3) is 0.273. The number of nitrogen functional groups attached to an aromatic ring is 1. The SMILES string of the molecule is CC(C)c1cc(NN)nc2ncccc12. The van der Waals surface area contributed by atoms with Crippen molar-refractivity contribution < 1.29 is 0 Å². The molecule has 0 aliphatic carbocycles. The van der Waals surface area contributed by atoms with E-state index >= 15 is 0 Å². The average molecular weight is 202 g/mol. The summed E-state index contributed by atoms with van der Waals surface area (Å²) >= 11 is 0. The summed E-state index contributed by atoms with van der Waals surface area (Å²) in [4.78, 5) is 8.52. The Kier molecular flexibility index (Phi) is 2.51. The molecule has 0 atom stereocenters. The number of pyridine rings is 2. The standard InChI is InChI=1S/C11H14N4/c1-7(2)9-6-10(15-12)14-11-8(9)4-3-5-13-11/h3-7H,12H2,1-2H3,(H,13,14,15). The summed E-state index contributed by atoms with van der Waals surface area (Å²) in [6.07, 6.45) is 1.74. The van der Waals surface area contributed by atoms with E-state index in [1.165, 1.54) is 5.56 Å². The zero-order chi connectivity index (χ0) is 10.8. The van der Waals surface area contributed by atoms with Gasteiger partial charge in [-0.15, -0.1) is 0 Å². The van der Waals surface area contributed by atoms with Gasteiger partial charge in [0.25, 0.3) is 0 Å². The van der Waals surface area contributed by atoms with Crippen LogP contribution in [-0.4, -0.2) is 9.97 Å². The van der Waals surface area contributed by atoms with Crippen LogP contribution in [0.15, 0.2) is 24.4 Å². The Morgan fingerprint density at radius 3 is 2.87 bits per heavy atom. The molecule has 2 rings (SSSR count). The molecule has 0 saturated carbocycles. The third-order valence-electron chi connectivity index (χ3n) is 2.39. The number of hydrogen-bond acceptors (Lipinski definition) is 4. The Balaban J connectivity index is 2.74. The number of rotatable bonds is 2. The van der Waals surface area contributed by atoms with Crippen LogP contribution in [0.5, 0.6) is 0 Å². The largest absolute Gasteiger partial charge is 0.308 e. The molecule has 0 fully saturated rings. The van der Waals surface area contributed by atoms with E-state index in [-0.39, 0.29) is 0 Å².